The summed E-state index contributed by atoms with van der Waals surface area (Å²) in [7, 11) is 0. The Kier molecular flexibility index (Phi) is 40.4. The van der Waals surface area contributed by atoms with Crippen LogP contribution in [0.25, 0.3) is 0 Å². The van der Waals surface area contributed by atoms with Crippen molar-refractivity contribution in [1.29, 1.82) is 0 Å². The smallest absolute Gasteiger partial charge is 0.305 e. The lowest BCUT2D eigenvalue weighted by molar-refractivity contribution is -0.152. The van der Waals surface area contributed by atoms with Crippen molar-refractivity contribution in [2.24, 2.45) is 0 Å². The Hall–Kier alpha value is -2.18. The molecule has 0 aromatic heterocycles. The van der Waals surface area contributed by atoms with E-state index in [-0.39, 0.29) is 25.2 Å². The average molecular weight is 717 g/mol. The number of hydrogen-bond donors (Lipinski definition) is 2. The Labute approximate surface area is 314 Å². The SMILES string of the molecule is CCCCCCCCCCCCCCCCCCCCCC(=O)OC[C@@H](O)COC(=O)CCC/C=C\C/C=C\C/C=C\C/C=C\CCCCCO. The molecule has 0 aromatic carbocycles. The van der Waals surface area contributed by atoms with Crippen LogP contribution in [0.15, 0.2) is 48.6 Å². The van der Waals surface area contributed by atoms with E-state index in [2.05, 4.69) is 55.5 Å². The average Bonchev–Trinajstić information content (AvgIpc) is 3.13. The molecule has 6 nitrogen and oxygen atoms in total. The molecule has 0 radical (unpaired) electrons. The zero-order valence-corrected chi connectivity index (χ0v) is 33.1. The lowest BCUT2D eigenvalue weighted by atomic mass is 10.0. The molecular formula is C45H80O6. The molecule has 0 unspecified atom stereocenters. The van der Waals surface area contributed by atoms with Gasteiger partial charge in [0.1, 0.15) is 19.3 Å². The van der Waals surface area contributed by atoms with Crippen molar-refractivity contribution in [3.8, 4) is 0 Å². The number of rotatable bonds is 39. The van der Waals surface area contributed by atoms with Crippen LogP contribution in [0, 0.1) is 0 Å². The van der Waals surface area contributed by atoms with Crippen LogP contribution in [0.5, 0.6) is 0 Å². The molecule has 51 heavy (non-hydrogen) atoms. The second kappa shape index (κ2) is 42.2. The van der Waals surface area contributed by atoms with Gasteiger partial charge in [0.25, 0.3) is 0 Å². The summed E-state index contributed by atoms with van der Waals surface area (Å²) in [6.07, 6.45) is 50.5. The number of unbranched alkanes of at least 4 members (excludes halogenated alkanes) is 22. The van der Waals surface area contributed by atoms with Gasteiger partial charge in [-0.05, 0) is 57.8 Å². The fourth-order valence-corrected chi connectivity index (χ4v) is 5.88. The second-order valence-electron chi connectivity index (χ2n) is 14.2. The Bertz CT molecular complexity index is 861. The number of allylic oxidation sites excluding steroid dienone is 8. The van der Waals surface area contributed by atoms with Gasteiger partial charge < -0.3 is 19.7 Å². The molecule has 6 heteroatoms. The zero-order chi connectivity index (χ0) is 37.1. The van der Waals surface area contributed by atoms with Gasteiger partial charge in [-0.25, -0.2) is 0 Å². The van der Waals surface area contributed by atoms with Crippen molar-refractivity contribution in [2.75, 3.05) is 19.8 Å². The zero-order valence-electron chi connectivity index (χ0n) is 33.1. The molecule has 0 saturated heterocycles. The maximum absolute atomic E-state index is 12.0. The van der Waals surface area contributed by atoms with Gasteiger partial charge in [0.05, 0.1) is 0 Å². The molecule has 0 saturated carbocycles. The minimum atomic E-state index is -0.992. The van der Waals surface area contributed by atoms with Crippen LogP contribution in [-0.4, -0.2) is 48.1 Å². The third-order valence-electron chi connectivity index (χ3n) is 9.12. The van der Waals surface area contributed by atoms with Gasteiger partial charge in [-0.2, -0.15) is 0 Å². The van der Waals surface area contributed by atoms with Crippen molar-refractivity contribution < 1.29 is 29.3 Å². The number of ether oxygens (including phenoxy) is 2. The molecule has 0 rings (SSSR count). The summed E-state index contributed by atoms with van der Waals surface area (Å²) in [4.78, 5) is 24.0. The Morgan fingerprint density at radius 1 is 0.451 bits per heavy atom. The van der Waals surface area contributed by atoms with Crippen molar-refractivity contribution >= 4 is 11.9 Å². The summed E-state index contributed by atoms with van der Waals surface area (Å²) >= 11 is 0. The van der Waals surface area contributed by atoms with E-state index in [0.29, 0.717) is 25.9 Å². The summed E-state index contributed by atoms with van der Waals surface area (Å²) < 4.78 is 10.3. The van der Waals surface area contributed by atoms with Crippen molar-refractivity contribution in [2.45, 2.75) is 206 Å². The molecule has 0 aliphatic heterocycles. The molecule has 0 bridgehead atoms. The monoisotopic (exact) mass is 717 g/mol. The fraction of sp³-hybridized carbons (Fsp3) is 0.778. The summed E-state index contributed by atoms with van der Waals surface area (Å²) in [5.41, 5.74) is 0. The van der Waals surface area contributed by atoms with Gasteiger partial charge in [-0.15, -0.1) is 0 Å². The largest absolute Gasteiger partial charge is 0.463 e. The van der Waals surface area contributed by atoms with Crippen LogP contribution < -0.4 is 0 Å². The minimum absolute atomic E-state index is 0.138. The lowest BCUT2D eigenvalue weighted by Gasteiger charge is -2.12. The van der Waals surface area contributed by atoms with E-state index < -0.39 is 6.10 Å². The maximum Gasteiger partial charge on any atom is 0.305 e. The molecule has 1 atom stereocenters. The van der Waals surface area contributed by atoms with Gasteiger partial charge in [-0.3, -0.25) is 9.59 Å². The van der Waals surface area contributed by atoms with Crippen LogP contribution in [0.3, 0.4) is 0 Å². The minimum Gasteiger partial charge on any atom is -0.463 e. The Morgan fingerprint density at radius 3 is 1.20 bits per heavy atom. The standard InChI is InChI=1S/C45H80O6/c1-2-3-4-5-6-7-8-9-10-11-12-14-17-20-23-26-29-32-35-38-44(48)50-41-43(47)42-51-45(49)39-36-33-30-27-24-21-18-15-13-16-19-22-25-28-31-34-37-40-46/h13,16,18,21-22,25,27,30,43,46-47H,2-12,14-15,17,19-20,23-24,26,28-29,31-42H2,1H3/b16-13-,21-18-,25-22-,30-27-/t43-/m1/s1. The Balaban J connectivity index is 3.49. The highest BCUT2D eigenvalue weighted by Gasteiger charge is 2.12. The highest BCUT2D eigenvalue weighted by molar-refractivity contribution is 5.69. The van der Waals surface area contributed by atoms with Gasteiger partial charge in [-0.1, -0.05) is 178 Å². The van der Waals surface area contributed by atoms with Crippen LogP contribution in [0.1, 0.15) is 200 Å². The predicted octanol–water partition coefficient (Wildman–Crippen LogP) is 12.4. The molecule has 0 aromatic rings. The van der Waals surface area contributed by atoms with E-state index in [1.165, 1.54) is 103 Å². The topological polar surface area (TPSA) is 93.1 Å². The quantitative estimate of drug-likeness (QED) is 0.0374. The van der Waals surface area contributed by atoms with Gasteiger partial charge in [0, 0.05) is 19.4 Å². The van der Waals surface area contributed by atoms with E-state index in [0.717, 1.165) is 70.6 Å². The molecule has 0 spiro atoms. The molecule has 296 valence electrons. The summed E-state index contributed by atoms with van der Waals surface area (Å²) in [6.45, 7) is 2.28. The molecule has 0 aliphatic rings. The molecule has 2 N–H and O–H groups in total. The van der Waals surface area contributed by atoms with Crippen LogP contribution in [0.2, 0.25) is 0 Å². The van der Waals surface area contributed by atoms with E-state index in [1.54, 1.807) is 0 Å². The van der Waals surface area contributed by atoms with Crippen molar-refractivity contribution in [3.63, 3.8) is 0 Å². The number of carbonyl (C=O) groups is 2. The van der Waals surface area contributed by atoms with Gasteiger partial charge >= 0.3 is 11.9 Å². The summed E-state index contributed by atoms with van der Waals surface area (Å²) in [5.74, 6) is -0.637. The number of aliphatic hydroxyl groups excluding tert-OH is 2. The Morgan fingerprint density at radius 2 is 0.784 bits per heavy atom. The molecule has 0 fully saturated rings. The number of esters is 2. The number of hydrogen-bond acceptors (Lipinski definition) is 6. The first kappa shape index (κ1) is 48.8. The second-order valence-corrected chi connectivity index (χ2v) is 14.2. The van der Waals surface area contributed by atoms with E-state index in [9.17, 15) is 14.7 Å². The van der Waals surface area contributed by atoms with Crippen molar-refractivity contribution in [1.82, 2.24) is 0 Å². The van der Waals surface area contributed by atoms with E-state index in [1.807, 2.05) is 0 Å². The van der Waals surface area contributed by atoms with E-state index >= 15 is 0 Å². The third kappa shape index (κ3) is 42.1. The summed E-state index contributed by atoms with van der Waals surface area (Å²) in [6, 6.07) is 0. The predicted molar refractivity (Wildman–Crippen MR) is 216 cm³/mol. The van der Waals surface area contributed by atoms with Crippen LogP contribution >= 0.6 is 0 Å². The first-order chi connectivity index (χ1) is 25.1. The highest BCUT2D eigenvalue weighted by atomic mass is 16.6. The first-order valence-electron chi connectivity index (χ1n) is 21.3. The highest BCUT2D eigenvalue weighted by Crippen LogP contribution is 2.15. The molecule has 0 aliphatic carbocycles. The normalized spacial score (nSPS) is 12.6. The first-order valence-corrected chi connectivity index (χ1v) is 21.3. The molecule has 0 amide bonds. The van der Waals surface area contributed by atoms with Crippen LogP contribution in [-0.2, 0) is 19.1 Å². The number of carbonyl (C=O) groups excluding carboxylic acids is 2. The van der Waals surface area contributed by atoms with Crippen LogP contribution in [0.4, 0.5) is 0 Å². The maximum atomic E-state index is 12.0. The fourth-order valence-electron chi connectivity index (χ4n) is 5.88. The molecular weight excluding hydrogens is 636 g/mol. The van der Waals surface area contributed by atoms with Gasteiger partial charge in [0.15, 0.2) is 0 Å². The summed E-state index contributed by atoms with van der Waals surface area (Å²) in [5, 5.41) is 18.8. The van der Waals surface area contributed by atoms with Crippen molar-refractivity contribution in [3.05, 3.63) is 48.6 Å². The molecule has 0 heterocycles. The number of aliphatic hydroxyl groups is 2. The third-order valence-corrected chi connectivity index (χ3v) is 9.12. The lowest BCUT2D eigenvalue weighted by Crippen LogP contribution is -2.25. The van der Waals surface area contributed by atoms with Gasteiger partial charge in [0.2, 0.25) is 0 Å². The van der Waals surface area contributed by atoms with E-state index in [4.69, 9.17) is 14.6 Å².